The molecule has 0 saturated carbocycles. The van der Waals surface area contributed by atoms with E-state index >= 15 is 0 Å². The van der Waals surface area contributed by atoms with Gasteiger partial charge in [-0.1, -0.05) is 26.8 Å². The summed E-state index contributed by atoms with van der Waals surface area (Å²) in [5.74, 6) is 0. The number of hydrogen-bond acceptors (Lipinski definition) is 4. The lowest BCUT2D eigenvalue weighted by Crippen LogP contribution is -2.42. The van der Waals surface area contributed by atoms with Crippen LogP contribution < -0.4 is 10.9 Å². The van der Waals surface area contributed by atoms with Crippen LogP contribution in [0.1, 0.15) is 45.9 Å². The molecule has 1 aromatic rings. The summed E-state index contributed by atoms with van der Waals surface area (Å²) in [4.78, 5) is 6.82. The Balaban J connectivity index is 1.88. The Bertz CT molecular complexity index is 412. The van der Waals surface area contributed by atoms with Gasteiger partial charge in [0.2, 0.25) is 0 Å². The molecule has 4 heteroatoms. The van der Waals surface area contributed by atoms with Crippen LogP contribution in [0, 0.1) is 5.41 Å². The first-order chi connectivity index (χ1) is 9.38. The molecule has 2 N–H and O–H groups in total. The highest BCUT2D eigenvalue weighted by molar-refractivity contribution is 5.08. The summed E-state index contributed by atoms with van der Waals surface area (Å²) < 4.78 is 0. The zero-order valence-corrected chi connectivity index (χ0v) is 13.4. The molecule has 0 aliphatic carbocycles. The van der Waals surface area contributed by atoms with Crippen LogP contribution in [0.15, 0.2) is 24.4 Å². The van der Waals surface area contributed by atoms with Crippen molar-refractivity contribution in [3.8, 4) is 0 Å². The topological polar surface area (TPSA) is 40.2 Å². The lowest BCUT2D eigenvalue weighted by Gasteiger charge is -2.28. The SMILES string of the molecule is CC(c1ccccn1)N(C)CC1CC(C(C)(C)C)NN1. The van der Waals surface area contributed by atoms with Crippen molar-refractivity contribution in [2.24, 2.45) is 5.41 Å². The minimum absolute atomic E-state index is 0.299. The molecule has 0 amide bonds. The van der Waals surface area contributed by atoms with Gasteiger partial charge < -0.3 is 0 Å². The molecule has 1 aliphatic rings. The third-order valence-corrected chi connectivity index (χ3v) is 4.31. The predicted octanol–water partition coefficient (Wildman–Crippen LogP) is 2.36. The van der Waals surface area contributed by atoms with Crippen LogP contribution in [-0.4, -0.2) is 35.6 Å². The average molecular weight is 276 g/mol. The largest absolute Gasteiger partial charge is 0.296 e. The van der Waals surface area contributed by atoms with E-state index in [1.807, 2.05) is 12.3 Å². The smallest absolute Gasteiger partial charge is 0.0572 e. The lowest BCUT2D eigenvalue weighted by molar-refractivity contribution is 0.230. The van der Waals surface area contributed by atoms with E-state index < -0.39 is 0 Å². The van der Waals surface area contributed by atoms with Gasteiger partial charge in [0.25, 0.3) is 0 Å². The Kier molecular flexibility index (Phi) is 4.78. The Morgan fingerprint density at radius 1 is 1.35 bits per heavy atom. The normalized spacial score (nSPS) is 25.1. The molecule has 3 unspecified atom stereocenters. The van der Waals surface area contributed by atoms with Gasteiger partial charge in [0.15, 0.2) is 0 Å². The Morgan fingerprint density at radius 3 is 2.65 bits per heavy atom. The van der Waals surface area contributed by atoms with Crippen molar-refractivity contribution in [3.63, 3.8) is 0 Å². The summed E-state index contributed by atoms with van der Waals surface area (Å²) in [7, 11) is 2.17. The van der Waals surface area contributed by atoms with E-state index in [2.05, 4.69) is 67.6 Å². The maximum absolute atomic E-state index is 4.45. The number of nitrogens with zero attached hydrogens (tertiary/aromatic N) is 2. The number of pyridine rings is 1. The van der Waals surface area contributed by atoms with Gasteiger partial charge >= 0.3 is 0 Å². The fourth-order valence-corrected chi connectivity index (χ4v) is 2.67. The summed E-state index contributed by atoms with van der Waals surface area (Å²) in [6.45, 7) is 10.1. The molecule has 2 heterocycles. The number of hydrogen-bond donors (Lipinski definition) is 2. The lowest BCUT2D eigenvalue weighted by atomic mass is 9.84. The van der Waals surface area contributed by atoms with Gasteiger partial charge in [0.1, 0.15) is 0 Å². The molecule has 2 rings (SSSR count). The maximum Gasteiger partial charge on any atom is 0.0572 e. The Hall–Kier alpha value is -0.970. The zero-order chi connectivity index (χ0) is 14.8. The van der Waals surface area contributed by atoms with Crippen molar-refractivity contribution in [3.05, 3.63) is 30.1 Å². The number of nitrogens with one attached hydrogen (secondary N) is 2. The third kappa shape index (κ3) is 3.78. The number of likely N-dealkylation sites (N-methyl/N-ethyl adjacent to an activating group) is 1. The van der Waals surface area contributed by atoms with Crippen molar-refractivity contribution in [2.75, 3.05) is 13.6 Å². The fourth-order valence-electron chi connectivity index (χ4n) is 2.67. The monoisotopic (exact) mass is 276 g/mol. The molecular weight excluding hydrogens is 248 g/mol. The first kappa shape index (κ1) is 15.4. The van der Waals surface area contributed by atoms with E-state index in [9.17, 15) is 0 Å². The summed E-state index contributed by atoms with van der Waals surface area (Å²) in [6, 6.07) is 7.48. The average Bonchev–Trinajstić information content (AvgIpc) is 2.87. The quantitative estimate of drug-likeness (QED) is 0.885. The highest BCUT2D eigenvalue weighted by atomic mass is 15.4. The highest BCUT2D eigenvalue weighted by Gasteiger charge is 2.33. The van der Waals surface area contributed by atoms with Crippen LogP contribution in [0.25, 0.3) is 0 Å². The summed E-state index contributed by atoms with van der Waals surface area (Å²) >= 11 is 0. The second kappa shape index (κ2) is 6.20. The number of rotatable bonds is 4. The zero-order valence-electron chi connectivity index (χ0n) is 13.4. The van der Waals surface area contributed by atoms with Gasteiger partial charge in [-0.25, -0.2) is 0 Å². The van der Waals surface area contributed by atoms with Crippen LogP contribution in [-0.2, 0) is 0 Å². The van der Waals surface area contributed by atoms with Gasteiger partial charge in [-0.2, -0.15) is 0 Å². The van der Waals surface area contributed by atoms with E-state index in [1.165, 1.54) is 6.42 Å². The van der Waals surface area contributed by atoms with Crippen molar-refractivity contribution in [1.82, 2.24) is 20.7 Å². The Morgan fingerprint density at radius 2 is 2.10 bits per heavy atom. The third-order valence-electron chi connectivity index (χ3n) is 4.31. The molecule has 1 aliphatic heterocycles. The molecule has 20 heavy (non-hydrogen) atoms. The molecule has 0 radical (unpaired) electrons. The van der Waals surface area contributed by atoms with Gasteiger partial charge in [0.05, 0.1) is 5.69 Å². The van der Waals surface area contributed by atoms with Gasteiger partial charge in [-0.05, 0) is 37.9 Å². The Labute approximate surface area is 122 Å². The first-order valence-corrected chi connectivity index (χ1v) is 7.50. The highest BCUT2D eigenvalue weighted by Crippen LogP contribution is 2.26. The van der Waals surface area contributed by atoms with E-state index in [1.54, 1.807) is 0 Å². The van der Waals surface area contributed by atoms with Crippen molar-refractivity contribution in [1.29, 1.82) is 0 Å². The van der Waals surface area contributed by atoms with Gasteiger partial charge in [0, 0.05) is 30.9 Å². The van der Waals surface area contributed by atoms with Gasteiger partial charge in [-0.3, -0.25) is 20.7 Å². The van der Waals surface area contributed by atoms with Crippen LogP contribution >= 0.6 is 0 Å². The number of hydrazine groups is 1. The van der Waals surface area contributed by atoms with Crippen LogP contribution in [0.3, 0.4) is 0 Å². The molecule has 1 saturated heterocycles. The summed E-state index contributed by atoms with van der Waals surface area (Å²) in [6.07, 6.45) is 3.04. The molecule has 1 fully saturated rings. The standard InChI is InChI=1S/C16H28N4/c1-12(14-8-6-7-9-17-14)20(5)11-13-10-15(19-18-13)16(2,3)4/h6-9,12-13,15,18-19H,10-11H2,1-5H3. The van der Waals surface area contributed by atoms with E-state index in [4.69, 9.17) is 0 Å². The second-order valence-electron chi connectivity index (χ2n) is 7.01. The molecule has 0 spiro atoms. The molecule has 0 bridgehead atoms. The molecule has 1 aromatic heterocycles. The van der Waals surface area contributed by atoms with Crippen LogP contribution in [0.4, 0.5) is 0 Å². The van der Waals surface area contributed by atoms with Crippen molar-refractivity contribution in [2.45, 2.75) is 52.2 Å². The molecular formula is C16H28N4. The number of aromatic nitrogens is 1. The molecule has 0 aromatic carbocycles. The van der Waals surface area contributed by atoms with Crippen molar-refractivity contribution >= 4 is 0 Å². The fraction of sp³-hybridized carbons (Fsp3) is 0.688. The second-order valence-corrected chi connectivity index (χ2v) is 7.01. The van der Waals surface area contributed by atoms with E-state index in [0.717, 1.165) is 12.2 Å². The van der Waals surface area contributed by atoms with Crippen LogP contribution in [0.5, 0.6) is 0 Å². The first-order valence-electron chi connectivity index (χ1n) is 7.50. The van der Waals surface area contributed by atoms with Crippen LogP contribution in [0.2, 0.25) is 0 Å². The molecule has 112 valence electrons. The predicted molar refractivity (Wildman–Crippen MR) is 83.2 cm³/mol. The molecule has 3 atom stereocenters. The maximum atomic E-state index is 4.45. The summed E-state index contributed by atoms with van der Waals surface area (Å²) in [5.41, 5.74) is 8.31. The molecule has 4 nitrogen and oxygen atoms in total. The minimum Gasteiger partial charge on any atom is -0.296 e. The van der Waals surface area contributed by atoms with Gasteiger partial charge in [-0.15, -0.1) is 0 Å². The van der Waals surface area contributed by atoms with E-state index in [-0.39, 0.29) is 0 Å². The van der Waals surface area contributed by atoms with Crippen molar-refractivity contribution < 1.29 is 0 Å². The summed E-state index contributed by atoms with van der Waals surface area (Å²) in [5, 5.41) is 0. The van der Waals surface area contributed by atoms with E-state index in [0.29, 0.717) is 23.5 Å². The minimum atomic E-state index is 0.299.